The van der Waals surface area contributed by atoms with E-state index < -0.39 is 0 Å². The second-order valence-electron chi connectivity index (χ2n) is 27.0. The van der Waals surface area contributed by atoms with Crippen LogP contribution in [0.5, 0.6) is 0 Å². The average molecular weight is 1380 g/mol. The minimum Gasteiger partial charge on any atom is -0.247 e. The molecule has 504 valence electrons. The number of hydrogen-bond donors (Lipinski definition) is 0. The van der Waals surface area contributed by atoms with Crippen LogP contribution in [-0.2, 0) is 0 Å². The summed E-state index contributed by atoms with van der Waals surface area (Å²) in [5.74, 6) is 2.67. The van der Waals surface area contributed by atoms with Crippen molar-refractivity contribution in [2.45, 2.75) is 0 Å². The summed E-state index contributed by atoms with van der Waals surface area (Å²) in [5.41, 5.74) is 23.3. The predicted molar refractivity (Wildman–Crippen MR) is 448 cm³/mol. The van der Waals surface area contributed by atoms with Crippen LogP contribution in [0.2, 0.25) is 0 Å². The van der Waals surface area contributed by atoms with Gasteiger partial charge in [0, 0.05) is 76.8 Å². The molecule has 7 heteroatoms. The number of fused-ring (bicyclic) bond motifs is 8. The summed E-state index contributed by atoms with van der Waals surface area (Å²) < 4.78 is 0. The molecule has 0 N–H and O–H groups in total. The molecular formula is C101H65N7. The van der Waals surface area contributed by atoms with E-state index >= 15 is 0 Å². The van der Waals surface area contributed by atoms with Gasteiger partial charge in [0.25, 0.3) is 0 Å². The van der Waals surface area contributed by atoms with E-state index in [1.807, 2.05) is 97.1 Å². The second kappa shape index (κ2) is 28.3. The van der Waals surface area contributed by atoms with Crippen molar-refractivity contribution in [2.75, 3.05) is 0 Å². The molecule has 108 heavy (non-hydrogen) atoms. The molecule has 0 atom stereocenters. The maximum Gasteiger partial charge on any atom is 0.164 e. The Labute approximate surface area is 625 Å². The van der Waals surface area contributed by atoms with Crippen LogP contribution < -0.4 is 0 Å². The van der Waals surface area contributed by atoms with Crippen LogP contribution in [-0.4, -0.2) is 34.9 Å². The summed E-state index contributed by atoms with van der Waals surface area (Å²) in [6.07, 6.45) is 0. The smallest absolute Gasteiger partial charge is 0.164 e. The minimum atomic E-state index is 0.644. The van der Waals surface area contributed by atoms with Gasteiger partial charge >= 0.3 is 0 Å². The largest absolute Gasteiger partial charge is 0.247 e. The quantitative estimate of drug-likeness (QED) is 0.113. The van der Waals surface area contributed by atoms with Crippen LogP contribution in [0.15, 0.2) is 394 Å². The van der Waals surface area contributed by atoms with Crippen molar-refractivity contribution < 1.29 is 0 Å². The van der Waals surface area contributed by atoms with E-state index in [1.165, 1.54) is 49.0 Å². The van der Waals surface area contributed by atoms with Gasteiger partial charge < -0.3 is 0 Å². The van der Waals surface area contributed by atoms with Crippen molar-refractivity contribution in [3.05, 3.63) is 394 Å². The monoisotopic (exact) mass is 1380 g/mol. The molecule has 0 saturated heterocycles. The fourth-order valence-corrected chi connectivity index (χ4v) is 15.1. The van der Waals surface area contributed by atoms with Gasteiger partial charge in [0.1, 0.15) is 0 Å². The van der Waals surface area contributed by atoms with Gasteiger partial charge in [-0.25, -0.2) is 34.9 Å². The Bertz CT molecular complexity index is 6200. The molecule has 0 aliphatic heterocycles. The maximum atomic E-state index is 5.27. The summed E-state index contributed by atoms with van der Waals surface area (Å²) in [6.45, 7) is 0. The molecular weight excluding hydrogens is 1310 g/mol. The van der Waals surface area contributed by atoms with Crippen molar-refractivity contribution in [1.82, 2.24) is 34.9 Å². The van der Waals surface area contributed by atoms with Gasteiger partial charge in [0.2, 0.25) is 0 Å². The third-order valence-electron chi connectivity index (χ3n) is 20.4. The number of nitrogens with zero attached hydrogens (tertiary/aromatic N) is 7. The van der Waals surface area contributed by atoms with Gasteiger partial charge in [-0.1, -0.05) is 376 Å². The molecule has 7 nitrogen and oxygen atoms in total. The van der Waals surface area contributed by atoms with E-state index in [0.29, 0.717) is 23.3 Å². The van der Waals surface area contributed by atoms with Crippen LogP contribution >= 0.6 is 0 Å². The lowest BCUT2D eigenvalue weighted by Gasteiger charge is -2.15. The summed E-state index contributed by atoms with van der Waals surface area (Å²) >= 11 is 0. The third kappa shape index (κ3) is 12.4. The lowest BCUT2D eigenvalue weighted by molar-refractivity contribution is 1.07. The number of para-hydroxylation sites is 2. The van der Waals surface area contributed by atoms with Crippen molar-refractivity contribution in [3.8, 4) is 135 Å². The first-order valence-electron chi connectivity index (χ1n) is 36.4. The first-order valence-corrected chi connectivity index (χ1v) is 36.4. The second-order valence-corrected chi connectivity index (χ2v) is 27.0. The van der Waals surface area contributed by atoms with Crippen LogP contribution in [0.25, 0.3) is 200 Å². The van der Waals surface area contributed by atoms with E-state index in [0.717, 1.165) is 128 Å². The van der Waals surface area contributed by atoms with Crippen molar-refractivity contribution >= 4 is 64.9 Å². The Balaban J connectivity index is 0.000000147. The van der Waals surface area contributed by atoms with E-state index in [4.69, 9.17) is 34.9 Å². The number of pyridine rings is 2. The van der Waals surface area contributed by atoms with Crippen LogP contribution in [0, 0.1) is 0 Å². The fourth-order valence-electron chi connectivity index (χ4n) is 15.1. The number of hydrogen-bond acceptors (Lipinski definition) is 7. The summed E-state index contributed by atoms with van der Waals surface area (Å²) in [5, 5.41) is 11.9. The van der Waals surface area contributed by atoms with Gasteiger partial charge in [0.05, 0.1) is 33.8 Å². The predicted octanol–water partition coefficient (Wildman–Crippen LogP) is 26.1. The molecule has 0 spiro atoms. The molecule has 20 aromatic rings. The van der Waals surface area contributed by atoms with Crippen LogP contribution in [0.3, 0.4) is 0 Å². The van der Waals surface area contributed by atoms with E-state index in [-0.39, 0.29) is 0 Å². The van der Waals surface area contributed by atoms with Gasteiger partial charge in [-0.3, -0.25) is 0 Å². The SMILES string of the molecule is c1ccc(-c2cc(-c3ccc(-c4ccc(-c5cccc6c(-c7cccc8ccccc78)nc7ccccc7c56)cc4)cc3)nc(-c3ccccc3)n2)cc1.c1ccc(-c2nc(-c3ccccc3)nc(-c3ccc(-c4ccc(-c5cccc6c(-c7cccc8ccccc78)nc7ccccc7c56)cc4)cc3)n2)cc1. The fraction of sp³-hybridized carbons (Fsp3) is 0. The van der Waals surface area contributed by atoms with Crippen molar-refractivity contribution in [2.24, 2.45) is 0 Å². The van der Waals surface area contributed by atoms with Crippen LogP contribution in [0.4, 0.5) is 0 Å². The first kappa shape index (κ1) is 64.3. The van der Waals surface area contributed by atoms with E-state index in [1.54, 1.807) is 0 Å². The molecule has 0 aliphatic rings. The average Bonchev–Trinajstić information content (AvgIpc) is 0.744. The summed E-state index contributed by atoms with van der Waals surface area (Å²) in [6, 6.07) is 138. The topological polar surface area (TPSA) is 90.2 Å². The first-order chi connectivity index (χ1) is 53.5. The Morgan fingerprint density at radius 3 is 0.806 bits per heavy atom. The number of benzene rings is 16. The van der Waals surface area contributed by atoms with Crippen molar-refractivity contribution in [1.29, 1.82) is 0 Å². The zero-order valence-corrected chi connectivity index (χ0v) is 58.7. The molecule has 0 radical (unpaired) electrons. The summed E-state index contributed by atoms with van der Waals surface area (Å²) in [7, 11) is 0. The molecule has 0 amide bonds. The van der Waals surface area contributed by atoms with Gasteiger partial charge in [-0.15, -0.1) is 0 Å². The maximum absolute atomic E-state index is 5.27. The van der Waals surface area contributed by atoms with Crippen molar-refractivity contribution in [3.63, 3.8) is 0 Å². The Morgan fingerprint density at radius 2 is 0.407 bits per heavy atom. The minimum absolute atomic E-state index is 0.644. The molecule has 16 aromatic carbocycles. The highest BCUT2D eigenvalue weighted by atomic mass is 15.0. The van der Waals surface area contributed by atoms with Gasteiger partial charge in [-0.05, 0) is 84.3 Å². The zero-order chi connectivity index (χ0) is 71.7. The molecule has 0 unspecified atom stereocenters. The molecule has 4 heterocycles. The molecule has 4 aromatic heterocycles. The van der Waals surface area contributed by atoms with Gasteiger partial charge in [0.15, 0.2) is 23.3 Å². The molecule has 0 saturated carbocycles. The lowest BCUT2D eigenvalue weighted by atomic mass is 9.91. The Kier molecular flexibility index (Phi) is 16.8. The molecule has 0 bridgehead atoms. The van der Waals surface area contributed by atoms with Crippen LogP contribution in [0.1, 0.15) is 0 Å². The molecule has 0 fully saturated rings. The highest BCUT2D eigenvalue weighted by Crippen LogP contribution is 2.44. The standard InChI is InChI=1S/C51H33N3.C50H32N4/c1-3-14-38(15-4-1)47-33-48(54-51(53-47)40-16-5-2-6-17-40)39-31-27-35(28-32-39)34-25-29-37(30-26-34)42-21-12-23-45-49(42)44-20-9-10-24-46(44)52-50(45)43-22-11-18-36-13-7-8-19-41(36)43;1-3-14-37(15-4-1)48-52-49(38-16-5-2-6-17-38)54-50(53-48)39-31-27-34(28-32-39)33-25-29-36(30-26-33)41-21-12-23-44-46(41)43-20-9-10-24-45(43)51-47(44)42-22-11-18-35-13-7-8-19-40(35)42/h1-33H;1-32H. The third-order valence-corrected chi connectivity index (χ3v) is 20.4. The zero-order valence-electron chi connectivity index (χ0n) is 58.7. The molecule has 20 rings (SSSR count). The highest BCUT2D eigenvalue weighted by Gasteiger charge is 2.21. The highest BCUT2D eigenvalue weighted by molar-refractivity contribution is 6.20. The molecule has 0 aliphatic carbocycles. The number of aromatic nitrogens is 7. The van der Waals surface area contributed by atoms with Gasteiger partial charge in [-0.2, -0.15) is 0 Å². The summed E-state index contributed by atoms with van der Waals surface area (Å²) in [4.78, 5) is 35.2. The Hall–Kier alpha value is -14.5. The normalized spacial score (nSPS) is 11.3. The lowest BCUT2D eigenvalue weighted by Crippen LogP contribution is -2.00. The Morgan fingerprint density at radius 1 is 0.148 bits per heavy atom. The van der Waals surface area contributed by atoms with E-state index in [9.17, 15) is 0 Å². The van der Waals surface area contributed by atoms with E-state index in [2.05, 4.69) is 297 Å². The number of rotatable bonds is 12.